The number of aromatic nitrogens is 2. The molecule has 8 nitrogen and oxygen atoms in total. The van der Waals surface area contributed by atoms with Crippen LogP contribution in [0.1, 0.15) is 67.9 Å². The maximum absolute atomic E-state index is 14.3. The first-order chi connectivity index (χ1) is 16.1. The highest BCUT2D eigenvalue weighted by molar-refractivity contribution is 5.82. The van der Waals surface area contributed by atoms with Crippen molar-refractivity contribution in [3.8, 4) is 11.8 Å². The van der Waals surface area contributed by atoms with Gasteiger partial charge in [0.15, 0.2) is 0 Å². The fourth-order valence-electron chi connectivity index (χ4n) is 4.85. The summed E-state index contributed by atoms with van der Waals surface area (Å²) in [7, 11) is 1.55. The zero-order chi connectivity index (χ0) is 23.2. The number of hydrazone groups is 1. The molecule has 0 aliphatic heterocycles. The van der Waals surface area contributed by atoms with E-state index in [1.54, 1.807) is 19.4 Å². The van der Waals surface area contributed by atoms with Crippen LogP contribution in [0.2, 0.25) is 0 Å². The number of nitrogens with two attached hydrogens (primary N) is 2. The summed E-state index contributed by atoms with van der Waals surface area (Å²) in [5.41, 5.74) is 4.46. The van der Waals surface area contributed by atoms with Gasteiger partial charge in [0.05, 0.1) is 19.9 Å². The molecule has 0 aromatic carbocycles. The Morgan fingerprint density at radius 2 is 1.97 bits per heavy atom. The third kappa shape index (κ3) is 5.90. The SMILES string of the molecule is COc1cc(C2CCC(COc3cc(C(C/C(=N/N)NN)C4CC4)ccn3)CC2)c(F)cn1. The molecule has 2 fully saturated rings. The predicted octanol–water partition coefficient (Wildman–Crippen LogP) is 3.60. The molecule has 0 radical (unpaired) electrons. The van der Waals surface area contributed by atoms with Crippen molar-refractivity contribution in [3.63, 3.8) is 0 Å². The van der Waals surface area contributed by atoms with Crippen molar-refractivity contribution >= 4 is 5.84 Å². The van der Waals surface area contributed by atoms with Crippen LogP contribution in [0.25, 0.3) is 0 Å². The summed E-state index contributed by atoms with van der Waals surface area (Å²) in [6, 6.07) is 5.78. The van der Waals surface area contributed by atoms with Gasteiger partial charge < -0.3 is 20.7 Å². The van der Waals surface area contributed by atoms with Crippen LogP contribution in [0.5, 0.6) is 11.8 Å². The molecule has 4 rings (SSSR count). The van der Waals surface area contributed by atoms with Gasteiger partial charge in [0.1, 0.15) is 11.7 Å². The lowest BCUT2D eigenvalue weighted by Crippen LogP contribution is -2.32. The molecule has 33 heavy (non-hydrogen) atoms. The first-order valence-electron chi connectivity index (χ1n) is 11.6. The Bertz CT molecular complexity index is 960. The van der Waals surface area contributed by atoms with Crippen molar-refractivity contribution < 1.29 is 13.9 Å². The normalized spacial score (nSPS) is 22.0. The van der Waals surface area contributed by atoms with E-state index in [4.69, 9.17) is 21.2 Å². The Morgan fingerprint density at radius 3 is 2.64 bits per heavy atom. The van der Waals surface area contributed by atoms with Gasteiger partial charge >= 0.3 is 0 Å². The highest BCUT2D eigenvalue weighted by Gasteiger charge is 2.33. The number of ether oxygens (including phenoxy) is 2. The Labute approximate surface area is 193 Å². The van der Waals surface area contributed by atoms with E-state index in [0.717, 1.165) is 25.7 Å². The maximum Gasteiger partial charge on any atom is 0.213 e. The first kappa shape index (κ1) is 23.2. The van der Waals surface area contributed by atoms with Gasteiger partial charge in [0, 0.05) is 24.8 Å². The number of methoxy groups -OCH3 is 1. The van der Waals surface area contributed by atoms with E-state index in [9.17, 15) is 4.39 Å². The molecule has 2 saturated carbocycles. The Hall–Kier alpha value is -2.94. The number of rotatable bonds is 9. The molecule has 0 bridgehead atoms. The molecule has 0 spiro atoms. The van der Waals surface area contributed by atoms with Crippen LogP contribution in [0.15, 0.2) is 35.7 Å². The summed E-state index contributed by atoms with van der Waals surface area (Å²) in [6.45, 7) is 0.610. The van der Waals surface area contributed by atoms with Crippen LogP contribution in [0.3, 0.4) is 0 Å². The zero-order valence-electron chi connectivity index (χ0n) is 19.0. The third-order valence-corrected chi connectivity index (χ3v) is 6.94. The lowest BCUT2D eigenvalue weighted by molar-refractivity contribution is 0.193. The maximum atomic E-state index is 14.3. The molecular weight excluding hydrogens is 423 g/mol. The van der Waals surface area contributed by atoms with Gasteiger partial charge in [-0.2, -0.15) is 5.10 Å². The predicted molar refractivity (Wildman–Crippen MR) is 124 cm³/mol. The summed E-state index contributed by atoms with van der Waals surface area (Å²) in [6.07, 6.45) is 9.91. The molecule has 0 saturated heterocycles. The van der Waals surface area contributed by atoms with Crippen LogP contribution >= 0.6 is 0 Å². The van der Waals surface area contributed by atoms with Gasteiger partial charge in [-0.15, -0.1) is 0 Å². The first-order valence-corrected chi connectivity index (χ1v) is 11.6. The minimum Gasteiger partial charge on any atom is -0.481 e. The van der Waals surface area contributed by atoms with Gasteiger partial charge in [-0.05, 0) is 79.4 Å². The van der Waals surface area contributed by atoms with Gasteiger partial charge in [-0.3, -0.25) is 0 Å². The molecular formula is C24H33FN6O2. The van der Waals surface area contributed by atoms with Crippen molar-refractivity contribution in [2.45, 2.75) is 56.8 Å². The van der Waals surface area contributed by atoms with Gasteiger partial charge in [0.25, 0.3) is 0 Å². The quantitative estimate of drug-likeness (QED) is 0.228. The summed E-state index contributed by atoms with van der Waals surface area (Å²) in [4.78, 5) is 8.35. The molecule has 2 heterocycles. The van der Waals surface area contributed by atoms with E-state index >= 15 is 0 Å². The molecule has 2 aliphatic carbocycles. The molecule has 0 amide bonds. The van der Waals surface area contributed by atoms with Gasteiger partial charge in [-0.25, -0.2) is 20.2 Å². The number of halogens is 1. The van der Waals surface area contributed by atoms with Crippen molar-refractivity contribution in [1.82, 2.24) is 15.4 Å². The van der Waals surface area contributed by atoms with Crippen molar-refractivity contribution in [1.29, 1.82) is 0 Å². The fraction of sp³-hybridized carbons (Fsp3) is 0.542. The lowest BCUT2D eigenvalue weighted by atomic mass is 9.79. The fourth-order valence-corrected chi connectivity index (χ4v) is 4.85. The second-order valence-corrected chi connectivity index (χ2v) is 9.07. The molecule has 2 aromatic rings. The average Bonchev–Trinajstić information content (AvgIpc) is 3.70. The van der Waals surface area contributed by atoms with E-state index in [1.807, 2.05) is 12.1 Å². The molecule has 2 aromatic heterocycles. The molecule has 9 heteroatoms. The second-order valence-electron chi connectivity index (χ2n) is 9.07. The van der Waals surface area contributed by atoms with Crippen molar-refractivity contribution in [2.24, 2.45) is 28.6 Å². The van der Waals surface area contributed by atoms with Crippen molar-refractivity contribution in [2.75, 3.05) is 13.7 Å². The van der Waals surface area contributed by atoms with Crippen LogP contribution in [-0.4, -0.2) is 29.5 Å². The smallest absolute Gasteiger partial charge is 0.213 e. The minimum atomic E-state index is -0.255. The lowest BCUT2D eigenvalue weighted by Gasteiger charge is -2.29. The Balaban J connectivity index is 1.32. The minimum absolute atomic E-state index is 0.188. The summed E-state index contributed by atoms with van der Waals surface area (Å²) in [5, 5.41) is 3.74. The van der Waals surface area contributed by atoms with E-state index < -0.39 is 0 Å². The third-order valence-electron chi connectivity index (χ3n) is 6.94. The average molecular weight is 457 g/mol. The Morgan fingerprint density at radius 1 is 1.18 bits per heavy atom. The monoisotopic (exact) mass is 456 g/mol. The van der Waals surface area contributed by atoms with Crippen LogP contribution in [0, 0.1) is 17.7 Å². The van der Waals surface area contributed by atoms with Crippen LogP contribution in [0.4, 0.5) is 4.39 Å². The van der Waals surface area contributed by atoms with E-state index in [0.29, 0.717) is 48.0 Å². The largest absolute Gasteiger partial charge is 0.481 e. The number of hydrazine groups is 1. The number of nitrogens with zero attached hydrogens (tertiary/aromatic N) is 3. The number of pyridine rings is 2. The standard InChI is InChI=1S/C24H33FN6O2/c1-32-23-12-20(21(25)13-29-23)17-4-2-15(3-5-17)14-33-24-10-18(8-9-28-24)19(16-6-7-16)11-22(30-26)31-27/h8-10,12-13,15-17,19H,2-7,11,14,26-27H2,1H3,(H,30,31). The number of nitrogens with one attached hydrogen (secondary N) is 1. The van der Waals surface area contributed by atoms with E-state index in [1.165, 1.54) is 24.6 Å². The molecule has 2 aliphatic rings. The van der Waals surface area contributed by atoms with Crippen molar-refractivity contribution in [3.05, 3.63) is 47.5 Å². The molecule has 1 unspecified atom stereocenters. The van der Waals surface area contributed by atoms with Crippen LogP contribution in [-0.2, 0) is 0 Å². The topological polar surface area (TPSA) is 121 Å². The summed E-state index contributed by atoms with van der Waals surface area (Å²) in [5.74, 6) is 13.9. The van der Waals surface area contributed by atoms with E-state index in [-0.39, 0.29) is 17.7 Å². The van der Waals surface area contributed by atoms with Gasteiger partial charge in [0.2, 0.25) is 11.8 Å². The highest BCUT2D eigenvalue weighted by Crippen LogP contribution is 2.45. The highest BCUT2D eigenvalue weighted by atomic mass is 19.1. The summed E-state index contributed by atoms with van der Waals surface area (Å²) < 4.78 is 25.5. The number of hydrogen-bond donors (Lipinski definition) is 3. The summed E-state index contributed by atoms with van der Waals surface area (Å²) >= 11 is 0. The van der Waals surface area contributed by atoms with E-state index in [2.05, 4.69) is 20.5 Å². The van der Waals surface area contributed by atoms with Gasteiger partial charge in [-0.1, -0.05) is 0 Å². The Kier molecular flexibility index (Phi) is 7.59. The second kappa shape index (κ2) is 10.8. The number of amidine groups is 1. The van der Waals surface area contributed by atoms with Crippen LogP contribution < -0.4 is 26.6 Å². The number of hydrogen-bond acceptors (Lipinski definition) is 7. The molecule has 5 N–H and O–H groups in total. The molecule has 178 valence electrons. The zero-order valence-corrected chi connectivity index (χ0v) is 19.0. The molecule has 1 atom stereocenters.